The van der Waals surface area contributed by atoms with Crippen molar-refractivity contribution in [3.8, 4) is 0 Å². The van der Waals surface area contributed by atoms with Gasteiger partial charge in [0, 0.05) is 5.57 Å². The smallest absolute Gasteiger partial charge is 0.333 e. The second-order valence-corrected chi connectivity index (χ2v) is 6.46. The quantitative estimate of drug-likeness (QED) is 0.553. The molecule has 0 bridgehead atoms. The summed E-state index contributed by atoms with van der Waals surface area (Å²) in [6, 6.07) is 9.91. The van der Waals surface area contributed by atoms with Gasteiger partial charge in [0.05, 0.1) is 6.42 Å². The van der Waals surface area contributed by atoms with E-state index in [2.05, 4.69) is 6.58 Å². The van der Waals surface area contributed by atoms with E-state index in [1.807, 2.05) is 37.3 Å². The molecule has 1 unspecified atom stereocenters. The molecule has 0 amide bonds. The van der Waals surface area contributed by atoms with E-state index >= 15 is 0 Å². The van der Waals surface area contributed by atoms with Crippen LogP contribution in [0.15, 0.2) is 42.5 Å². The maximum Gasteiger partial charge on any atom is 0.333 e. The van der Waals surface area contributed by atoms with E-state index in [1.54, 1.807) is 6.92 Å². The lowest BCUT2D eigenvalue weighted by molar-refractivity contribution is -0.165. The first-order valence-corrected chi connectivity index (χ1v) is 8.60. The minimum absolute atomic E-state index is 0.0735. The maximum absolute atomic E-state index is 12.5. The Morgan fingerprint density at radius 2 is 1.83 bits per heavy atom. The SMILES string of the molecule is C=C(C)C(=O)OC(CC)CC(=O)OC1(c2ccccc2)CCCC1. The van der Waals surface area contributed by atoms with Crippen molar-refractivity contribution in [2.24, 2.45) is 0 Å². The fraction of sp³-hybridized carbons (Fsp3) is 0.500. The van der Waals surface area contributed by atoms with Gasteiger partial charge in [-0.05, 0) is 44.6 Å². The van der Waals surface area contributed by atoms with Crippen molar-refractivity contribution in [3.05, 3.63) is 48.0 Å². The van der Waals surface area contributed by atoms with Crippen LogP contribution in [0.25, 0.3) is 0 Å². The Balaban J connectivity index is 2.03. The average molecular weight is 330 g/mol. The third kappa shape index (κ3) is 4.47. The summed E-state index contributed by atoms with van der Waals surface area (Å²) in [6.45, 7) is 7.04. The summed E-state index contributed by atoms with van der Waals surface area (Å²) in [5.41, 5.74) is 0.843. The molecule has 0 heterocycles. The molecule has 130 valence electrons. The number of carbonyl (C=O) groups is 2. The molecular formula is C20H26O4. The van der Waals surface area contributed by atoms with Crippen molar-refractivity contribution in [1.82, 2.24) is 0 Å². The van der Waals surface area contributed by atoms with Gasteiger partial charge in [0.2, 0.25) is 0 Å². The number of ether oxygens (including phenoxy) is 2. The molecule has 24 heavy (non-hydrogen) atoms. The molecule has 1 aliphatic carbocycles. The van der Waals surface area contributed by atoms with Crippen LogP contribution in [-0.2, 0) is 24.7 Å². The van der Waals surface area contributed by atoms with Gasteiger partial charge in [-0.1, -0.05) is 43.8 Å². The van der Waals surface area contributed by atoms with Crippen LogP contribution < -0.4 is 0 Å². The normalized spacial score (nSPS) is 17.1. The van der Waals surface area contributed by atoms with E-state index < -0.39 is 17.7 Å². The van der Waals surface area contributed by atoms with E-state index in [4.69, 9.17) is 9.47 Å². The number of benzene rings is 1. The molecule has 1 aromatic rings. The van der Waals surface area contributed by atoms with E-state index in [1.165, 1.54) is 0 Å². The van der Waals surface area contributed by atoms with Gasteiger partial charge >= 0.3 is 11.9 Å². The third-order valence-electron chi connectivity index (χ3n) is 4.49. The Hall–Kier alpha value is -2.10. The zero-order valence-corrected chi connectivity index (χ0v) is 14.5. The van der Waals surface area contributed by atoms with Crippen molar-refractivity contribution in [2.45, 2.75) is 64.1 Å². The highest BCUT2D eigenvalue weighted by molar-refractivity contribution is 5.87. The Morgan fingerprint density at radius 3 is 2.38 bits per heavy atom. The predicted octanol–water partition coefficient (Wildman–Crippen LogP) is 4.29. The van der Waals surface area contributed by atoms with Crippen LogP contribution >= 0.6 is 0 Å². The van der Waals surface area contributed by atoms with Gasteiger partial charge in [0.25, 0.3) is 0 Å². The molecule has 2 rings (SSSR count). The first-order valence-electron chi connectivity index (χ1n) is 8.60. The minimum atomic E-state index is -0.533. The summed E-state index contributed by atoms with van der Waals surface area (Å²) in [4.78, 5) is 24.1. The highest BCUT2D eigenvalue weighted by Gasteiger charge is 2.39. The summed E-state index contributed by atoms with van der Waals surface area (Å²) >= 11 is 0. The second-order valence-electron chi connectivity index (χ2n) is 6.46. The van der Waals surface area contributed by atoms with E-state index in [0.717, 1.165) is 31.2 Å². The molecule has 0 spiro atoms. The topological polar surface area (TPSA) is 52.6 Å². The van der Waals surface area contributed by atoms with Crippen LogP contribution in [0.4, 0.5) is 0 Å². The van der Waals surface area contributed by atoms with Crippen LogP contribution in [0.1, 0.15) is 57.9 Å². The number of esters is 2. The van der Waals surface area contributed by atoms with Crippen molar-refractivity contribution < 1.29 is 19.1 Å². The van der Waals surface area contributed by atoms with Crippen molar-refractivity contribution in [3.63, 3.8) is 0 Å². The highest BCUT2D eigenvalue weighted by Crippen LogP contribution is 2.42. The molecule has 1 atom stereocenters. The Bertz CT molecular complexity index is 585. The van der Waals surface area contributed by atoms with Crippen LogP contribution in [0.2, 0.25) is 0 Å². The van der Waals surface area contributed by atoms with E-state index in [0.29, 0.717) is 12.0 Å². The fourth-order valence-corrected chi connectivity index (χ4v) is 3.10. The molecule has 1 aliphatic rings. The zero-order valence-electron chi connectivity index (χ0n) is 14.5. The van der Waals surface area contributed by atoms with Gasteiger partial charge in [-0.25, -0.2) is 4.79 Å². The van der Waals surface area contributed by atoms with Gasteiger partial charge < -0.3 is 9.47 Å². The zero-order chi connectivity index (χ0) is 17.6. The van der Waals surface area contributed by atoms with Gasteiger partial charge in [0.1, 0.15) is 11.7 Å². The van der Waals surface area contributed by atoms with Crippen molar-refractivity contribution in [1.29, 1.82) is 0 Å². The van der Waals surface area contributed by atoms with Crippen LogP contribution in [0.3, 0.4) is 0 Å². The summed E-state index contributed by atoms with van der Waals surface area (Å²) in [7, 11) is 0. The van der Waals surface area contributed by atoms with Gasteiger partial charge in [-0.2, -0.15) is 0 Å². The molecule has 0 aliphatic heterocycles. The molecule has 0 N–H and O–H groups in total. The van der Waals surface area contributed by atoms with Gasteiger partial charge in [-0.3, -0.25) is 4.79 Å². The summed E-state index contributed by atoms with van der Waals surface area (Å²) in [5.74, 6) is -0.782. The third-order valence-corrected chi connectivity index (χ3v) is 4.49. The maximum atomic E-state index is 12.5. The van der Waals surface area contributed by atoms with E-state index in [-0.39, 0.29) is 12.4 Å². The summed E-state index contributed by atoms with van der Waals surface area (Å²) < 4.78 is 11.2. The minimum Gasteiger partial charge on any atom is -0.458 e. The molecular weight excluding hydrogens is 304 g/mol. The Kier molecular flexibility index (Phi) is 6.18. The van der Waals surface area contributed by atoms with E-state index in [9.17, 15) is 9.59 Å². The lowest BCUT2D eigenvalue weighted by atomic mass is 9.92. The lowest BCUT2D eigenvalue weighted by Gasteiger charge is -2.30. The number of rotatable bonds is 7. The first kappa shape index (κ1) is 18.2. The van der Waals surface area contributed by atoms with Gasteiger partial charge in [0.15, 0.2) is 0 Å². The standard InChI is InChI=1S/C20H26O4/c1-4-17(23-19(22)15(2)3)14-18(21)24-20(12-8-9-13-20)16-10-6-5-7-11-16/h5-7,10-11,17H,2,4,8-9,12-14H2,1,3H3. The first-order chi connectivity index (χ1) is 11.5. The predicted molar refractivity (Wildman–Crippen MR) is 92.3 cm³/mol. The molecule has 4 heteroatoms. The number of hydrogen-bond acceptors (Lipinski definition) is 4. The molecule has 1 saturated carbocycles. The number of hydrogen-bond donors (Lipinski definition) is 0. The number of carbonyl (C=O) groups excluding carboxylic acids is 2. The molecule has 0 aromatic heterocycles. The van der Waals surface area contributed by atoms with Crippen molar-refractivity contribution >= 4 is 11.9 Å². The fourth-order valence-electron chi connectivity index (χ4n) is 3.10. The van der Waals surface area contributed by atoms with Gasteiger partial charge in [-0.15, -0.1) is 0 Å². The highest BCUT2D eigenvalue weighted by atomic mass is 16.6. The second kappa shape index (κ2) is 8.13. The van der Waals surface area contributed by atoms with Crippen LogP contribution in [-0.4, -0.2) is 18.0 Å². The Labute approximate surface area is 143 Å². The largest absolute Gasteiger partial charge is 0.458 e. The lowest BCUT2D eigenvalue weighted by Crippen LogP contribution is -2.31. The van der Waals surface area contributed by atoms with Crippen LogP contribution in [0.5, 0.6) is 0 Å². The molecule has 1 aromatic carbocycles. The molecule has 4 nitrogen and oxygen atoms in total. The van der Waals surface area contributed by atoms with Crippen LogP contribution in [0, 0.1) is 0 Å². The Morgan fingerprint density at radius 1 is 1.21 bits per heavy atom. The van der Waals surface area contributed by atoms with Crippen molar-refractivity contribution in [2.75, 3.05) is 0 Å². The summed E-state index contributed by atoms with van der Waals surface area (Å²) in [6.07, 6.45) is 3.93. The summed E-state index contributed by atoms with van der Waals surface area (Å²) in [5, 5.41) is 0. The molecule has 1 fully saturated rings. The molecule has 0 saturated heterocycles. The average Bonchev–Trinajstić information content (AvgIpc) is 3.04. The monoisotopic (exact) mass is 330 g/mol. The molecule has 0 radical (unpaired) electrons.